The zero-order valence-electron chi connectivity index (χ0n) is 12.1. The van der Waals surface area contributed by atoms with Crippen molar-refractivity contribution in [2.75, 3.05) is 16.8 Å². The molecular formula is C15H21N3O2. The highest BCUT2D eigenvalue weighted by atomic mass is 16.2. The van der Waals surface area contributed by atoms with Crippen LogP contribution in [-0.4, -0.2) is 24.4 Å². The van der Waals surface area contributed by atoms with Gasteiger partial charge in [0.25, 0.3) is 0 Å². The number of anilines is 2. The molecule has 2 rings (SSSR count). The summed E-state index contributed by atoms with van der Waals surface area (Å²) in [6, 6.07) is 7.16. The maximum Gasteiger partial charge on any atom is 0.229 e. The van der Waals surface area contributed by atoms with Gasteiger partial charge in [0.15, 0.2) is 0 Å². The number of carbonyl (C=O) groups is 2. The zero-order valence-corrected chi connectivity index (χ0v) is 12.1. The molecule has 0 bridgehead atoms. The van der Waals surface area contributed by atoms with Crippen molar-refractivity contribution in [2.24, 2.45) is 11.1 Å². The van der Waals surface area contributed by atoms with Gasteiger partial charge in [-0.05, 0) is 24.3 Å². The Kier molecular flexibility index (Phi) is 3.81. The maximum atomic E-state index is 11.9. The predicted molar refractivity (Wildman–Crippen MR) is 79.5 cm³/mol. The molecule has 3 N–H and O–H groups in total. The minimum atomic E-state index is -0.434. The molecule has 2 amide bonds. The second-order valence-electron chi connectivity index (χ2n) is 6.22. The number of nitrogens with two attached hydrogens (primary N) is 1. The third-order valence-corrected chi connectivity index (χ3v) is 3.27. The lowest BCUT2D eigenvalue weighted by atomic mass is 9.95. The summed E-state index contributed by atoms with van der Waals surface area (Å²) < 4.78 is 0. The van der Waals surface area contributed by atoms with E-state index in [0.717, 1.165) is 11.4 Å². The molecule has 1 aromatic rings. The van der Waals surface area contributed by atoms with E-state index in [2.05, 4.69) is 5.32 Å². The van der Waals surface area contributed by atoms with Crippen LogP contribution in [0.1, 0.15) is 27.2 Å². The normalized spacial score (nSPS) is 19.3. The molecule has 5 heteroatoms. The molecule has 1 unspecified atom stereocenters. The molecule has 1 saturated heterocycles. The van der Waals surface area contributed by atoms with Gasteiger partial charge in [0.05, 0.1) is 0 Å². The van der Waals surface area contributed by atoms with E-state index in [-0.39, 0.29) is 17.9 Å². The molecule has 1 heterocycles. The van der Waals surface area contributed by atoms with E-state index in [9.17, 15) is 9.59 Å². The fourth-order valence-electron chi connectivity index (χ4n) is 2.03. The molecule has 0 aromatic heterocycles. The van der Waals surface area contributed by atoms with Crippen molar-refractivity contribution < 1.29 is 9.59 Å². The fourth-order valence-corrected chi connectivity index (χ4v) is 2.03. The van der Waals surface area contributed by atoms with Gasteiger partial charge in [-0.2, -0.15) is 0 Å². The van der Waals surface area contributed by atoms with Gasteiger partial charge >= 0.3 is 0 Å². The summed E-state index contributed by atoms with van der Waals surface area (Å²) in [6.45, 7) is 6.13. The number of hydrogen-bond donors (Lipinski definition) is 2. The highest BCUT2D eigenvalue weighted by molar-refractivity contribution is 5.97. The molecule has 108 valence electrons. The van der Waals surface area contributed by atoms with E-state index in [1.807, 2.05) is 32.9 Å². The first-order valence-electron chi connectivity index (χ1n) is 6.75. The van der Waals surface area contributed by atoms with Crippen LogP contribution in [0, 0.1) is 5.41 Å². The number of rotatable bonds is 2. The minimum Gasteiger partial charge on any atom is -0.326 e. The topological polar surface area (TPSA) is 75.4 Å². The first-order valence-corrected chi connectivity index (χ1v) is 6.75. The first kappa shape index (κ1) is 14.5. The number of hydrogen-bond acceptors (Lipinski definition) is 3. The Balaban J connectivity index is 2.07. The van der Waals surface area contributed by atoms with Crippen LogP contribution in [0.5, 0.6) is 0 Å². The first-order chi connectivity index (χ1) is 9.27. The molecule has 1 aromatic carbocycles. The third kappa shape index (κ3) is 3.17. The Bertz CT molecular complexity index is 517. The Morgan fingerprint density at radius 1 is 1.30 bits per heavy atom. The lowest BCUT2D eigenvalue weighted by Gasteiger charge is -2.19. The van der Waals surface area contributed by atoms with Gasteiger partial charge < -0.3 is 16.0 Å². The van der Waals surface area contributed by atoms with Crippen molar-refractivity contribution in [3.63, 3.8) is 0 Å². The molecule has 1 aliphatic heterocycles. The average molecular weight is 275 g/mol. The second kappa shape index (κ2) is 5.25. The van der Waals surface area contributed by atoms with Gasteiger partial charge in [-0.1, -0.05) is 20.8 Å². The third-order valence-electron chi connectivity index (χ3n) is 3.27. The van der Waals surface area contributed by atoms with E-state index < -0.39 is 5.41 Å². The lowest BCUT2D eigenvalue weighted by Crippen LogP contribution is -2.28. The summed E-state index contributed by atoms with van der Waals surface area (Å²) in [5, 5.41) is 2.85. The largest absolute Gasteiger partial charge is 0.326 e. The standard InChI is InChI=1S/C15H21N3O2/c1-15(2,3)14(20)17-11-4-6-12(7-5-11)18-9-10(16)8-13(18)19/h4-7,10H,8-9,16H2,1-3H3,(H,17,20). The summed E-state index contributed by atoms with van der Waals surface area (Å²) in [7, 11) is 0. The summed E-state index contributed by atoms with van der Waals surface area (Å²) in [5.41, 5.74) is 6.89. The van der Waals surface area contributed by atoms with Crippen molar-refractivity contribution in [3.8, 4) is 0 Å². The highest BCUT2D eigenvalue weighted by Gasteiger charge is 2.28. The van der Waals surface area contributed by atoms with Gasteiger partial charge in [0.2, 0.25) is 11.8 Å². The molecule has 0 saturated carbocycles. The van der Waals surface area contributed by atoms with Crippen molar-refractivity contribution in [2.45, 2.75) is 33.2 Å². The van der Waals surface area contributed by atoms with Crippen molar-refractivity contribution in [1.82, 2.24) is 0 Å². The van der Waals surface area contributed by atoms with E-state index in [1.165, 1.54) is 0 Å². The molecule has 5 nitrogen and oxygen atoms in total. The van der Waals surface area contributed by atoms with Crippen LogP contribution < -0.4 is 16.0 Å². The van der Waals surface area contributed by atoms with E-state index in [0.29, 0.717) is 13.0 Å². The summed E-state index contributed by atoms with van der Waals surface area (Å²) in [5.74, 6) is 0.00787. The van der Waals surface area contributed by atoms with Crippen LogP contribution in [0.3, 0.4) is 0 Å². The van der Waals surface area contributed by atoms with Crippen LogP contribution in [0.2, 0.25) is 0 Å². The van der Waals surface area contributed by atoms with Crippen molar-refractivity contribution in [1.29, 1.82) is 0 Å². The molecule has 0 aliphatic carbocycles. The van der Waals surface area contributed by atoms with Gasteiger partial charge in [-0.15, -0.1) is 0 Å². The average Bonchev–Trinajstić information content (AvgIpc) is 2.68. The number of amides is 2. The van der Waals surface area contributed by atoms with Crippen LogP contribution in [0.4, 0.5) is 11.4 Å². The van der Waals surface area contributed by atoms with Gasteiger partial charge in [0, 0.05) is 35.8 Å². The van der Waals surface area contributed by atoms with Crippen LogP contribution >= 0.6 is 0 Å². The number of nitrogens with one attached hydrogen (secondary N) is 1. The fraction of sp³-hybridized carbons (Fsp3) is 0.467. The van der Waals surface area contributed by atoms with Gasteiger partial charge in [-0.25, -0.2) is 0 Å². The number of benzene rings is 1. The molecular weight excluding hydrogens is 254 g/mol. The Labute approximate surface area is 119 Å². The van der Waals surface area contributed by atoms with Crippen LogP contribution in [0.25, 0.3) is 0 Å². The molecule has 0 spiro atoms. The maximum absolute atomic E-state index is 11.9. The van der Waals surface area contributed by atoms with Crippen molar-refractivity contribution in [3.05, 3.63) is 24.3 Å². The Morgan fingerprint density at radius 3 is 2.35 bits per heavy atom. The number of carbonyl (C=O) groups excluding carboxylic acids is 2. The Hall–Kier alpha value is -1.88. The van der Waals surface area contributed by atoms with Crippen LogP contribution in [0.15, 0.2) is 24.3 Å². The van der Waals surface area contributed by atoms with E-state index in [1.54, 1.807) is 17.0 Å². The molecule has 1 aliphatic rings. The molecule has 0 radical (unpaired) electrons. The van der Waals surface area contributed by atoms with E-state index >= 15 is 0 Å². The minimum absolute atomic E-state index is 0.0375. The molecule has 1 fully saturated rings. The SMILES string of the molecule is CC(C)(C)C(=O)Nc1ccc(N2CC(N)CC2=O)cc1. The Morgan fingerprint density at radius 2 is 1.90 bits per heavy atom. The summed E-state index contributed by atoms with van der Waals surface area (Å²) in [6.07, 6.45) is 0.391. The smallest absolute Gasteiger partial charge is 0.229 e. The summed E-state index contributed by atoms with van der Waals surface area (Å²) in [4.78, 5) is 25.3. The van der Waals surface area contributed by atoms with E-state index in [4.69, 9.17) is 5.73 Å². The van der Waals surface area contributed by atoms with Crippen LogP contribution in [-0.2, 0) is 9.59 Å². The molecule has 1 atom stereocenters. The summed E-state index contributed by atoms with van der Waals surface area (Å²) >= 11 is 0. The quantitative estimate of drug-likeness (QED) is 0.863. The van der Waals surface area contributed by atoms with Gasteiger partial charge in [-0.3, -0.25) is 9.59 Å². The van der Waals surface area contributed by atoms with Gasteiger partial charge in [0.1, 0.15) is 0 Å². The monoisotopic (exact) mass is 275 g/mol. The van der Waals surface area contributed by atoms with Crippen molar-refractivity contribution >= 4 is 23.2 Å². The predicted octanol–water partition coefficient (Wildman–Crippen LogP) is 1.74. The molecule has 20 heavy (non-hydrogen) atoms. The lowest BCUT2D eigenvalue weighted by molar-refractivity contribution is -0.123. The second-order valence-corrected chi connectivity index (χ2v) is 6.22. The number of nitrogens with zero attached hydrogens (tertiary/aromatic N) is 1. The highest BCUT2D eigenvalue weighted by Crippen LogP contribution is 2.24. The zero-order chi connectivity index (χ0) is 14.9.